The van der Waals surface area contributed by atoms with Crippen molar-refractivity contribution in [1.29, 1.82) is 5.26 Å². The van der Waals surface area contributed by atoms with Crippen molar-refractivity contribution in [1.82, 2.24) is 10.3 Å². The van der Waals surface area contributed by atoms with Gasteiger partial charge < -0.3 is 10.4 Å². The fraction of sp³-hybridized carbons (Fsp3) is 0.133. The monoisotopic (exact) mass is 299 g/mol. The van der Waals surface area contributed by atoms with Crippen LogP contribution in [0, 0.1) is 18.3 Å². The molecule has 1 amide bonds. The first-order chi connectivity index (χ1) is 10.1. The zero-order chi connectivity index (χ0) is 15.2. The molecule has 1 aromatic heterocycles. The van der Waals surface area contributed by atoms with Crippen molar-refractivity contribution in [2.24, 2.45) is 0 Å². The third kappa shape index (κ3) is 4.16. The molecule has 0 aliphatic rings. The standard InChI is InChI=1S/C15H13N3O2S/c1-10-17-8-14(21-10)9-18-15(20)12(7-16)5-11-3-2-4-13(19)6-11/h2-6,8,19H,9H2,1H3,(H,18,20)/b12-5+. The molecule has 0 atom stereocenters. The molecule has 0 unspecified atom stereocenters. The number of carbonyl (C=O) groups excluding carboxylic acids is 1. The van der Waals surface area contributed by atoms with Gasteiger partial charge in [-0.2, -0.15) is 5.26 Å². The second-order valence-electron chi connectivity index (χ2n) is 4.29. The van der Waals surface area contributed by atoms with Crippen molar-refractivity contribution in [3.63, 3.8) is 0 Å². The summed E-state index contributed by atoms with van der Waals surface area (Å²) in [6.45, 7) is 2.22. The maximum absolute atomic E-state index is 12.0. The van der Waals surface area contributed by atoms with Gasteiger partial charge in [-0.1, -0.05) is 12.1 Å². The molecule has 2 N–H and O–H groups in total. The summed E-state index contributed by atoms with van der Waals surface area (Å²) in [5.41, 5.74) is 0.581. The van der Waals surface area contributed by atoms with Gasteiger partial charge in [0.05, 0.1) is 11.6 Å². The van der Waals surface area contributed by atoms with Crippen LogP contribution in [0.15, 0.2) is 36.0 Å². The van der Waals surface area contributed by atoms with Gasteiger partial charge in [-0.05, 0) is 30.7 Å². The SMILES string of the molecule is Cc1ncc(CNC(=O)/C(C#N)=C/c2cccc(O)c2)s1. The highest BCUT2D eigenvalue weighted by molar-refractivity contribution is 7.11. The summed E-state index contributed by atoms with van der Waals surface area (Å²) in [5, 5.41) is 22.1. The second kappa shape index (κ2) is 6.68. The number of benzene rings is 1. The van der Waals surface area contributed by atoms with Gasteiger partial charge in [0.15, 0.2) is 0 Å². The number of phenolic OH excluding ortho intramolecular Hbond substituents is 1. The van der Waals surface area contributed by atoms with Gasteiger partial charge in [0, 0.05) is 11.1 Å². The molecular weight excluding hydrogens is 286 g/mol. The van der Waals surface area contributed by atoms with E-state index in [4.69, 9.17) is 5.26 Å². The number of hydrogen-bond donors (Lipinski definition) is 2. The molecule has 0 saturated carbocycles. The summed E-state index contributed by atoms with van der Waals surface area (Å²) in [5.74, 6) is -0.367. The number of aryl methyl sites for hydroxylation is 1. The van der Waals surface area contributed by atoms with Gasteiger partial charge in [-0.15, -0.1) is 11.3 Å². The van der Waals surface area contributed by atoms with Gasteiger partial charge in [-0.25, -0.2) is 4.98 Å². The Morgan fingerprint density at radius 2 is 2.38 bits per heavy atom. The van der Waals surface area contributed by atoms with Crippen LogP contribution in [0.3, 0.4) is 0 Å². The zero-order valence-corrected chi connectivity index (χ0v) is 12.1. The van der Waals surface area contributed by atoms with E-state index in [1.54, 1.807) is 18.3 Å². The number of amides is 1. The maximum Gasteiger partial charge on any atom is 0.262 e. The Hall–Kier alpha value is -2.65. The van der Waals surface area contributed by atoms with Crippen molar-refractivity contribution in [3.8, 4) is 11.8 Å². The van der Waals surface area contributed by atoms with Gasteiger partial charge in [0.25, 0.3) is 5.91 Å². The number of carbonyl (C=O) groups is 1. The van der Waals surface area contributed by atoms with E-state index in [0.717, 1.165) is 9.88 Å². The lowest BCUT2D eigenvalue weighted by Crippen LogP contribution is -2.23. The van der Waals surface area contributed by atoms with Gasteiger partial charge in [0.2, 0.25) is 0 Å². The Labute approximate surface area is 126 Å². The lowest BCUT2D eigenvalue weighted by atomic mass is 10.1. The van der Waals surface area contributed by atoms with Crippen molar-refractivity contribution in [2.75, 3.05) is 0 Å². The third-order valence-electron chi connectivity index (χ3n) is 2.64. The first-order valence-electron chi connectivity index (χ1n) is 6.19. The van der Waals surface area contributed by atoms with Gasteiger partial charge in [-0.3, -0.25) is 4.79 Å². The number of phenols is 1. The van der Waals surface area contributed by atoms with E-state index in [1.807, 2.05) is 13.0 Å². The largest absolute Gasteiger partial charge is 0.508 e. The fourth-order valence-electron chi connectivity index (χ4n) is 1.68. The normalized spacial score (nSPS) is 11.0. The number of rotatable bonds is 4. The lowest BCUT2D eigenvalue weighted by Gasteiger charge is -2.02. The Morgan fingerprint density at radius 1 is 1.57 bits per heavy atom. The van der Waals surface area contributed by atoms with E-state index in [1.165, 1.54) is 29.5 Å². The molecule has 106 valence electrons. The average Bonchev–Trinajstić information content (AvgIpc) is 2.88. The third-order valence-corrected chi connectivity index (χ3v) is 3.55. The highest BCUT2D eigenvalue weighted by atomic mass is 32.1. The number of aromatic hydroxyl groups is 1. The molecule has 0 bridgehead atoms. The molecule has 0 spiro atoms. The zero-order valence-electron chi connectivity index (χ0n) is 11.3. The summed E-state index contributed by atoms with van der Waals surface area (Å²) in [6, 6.07) is 8.23. The molecule has 6 heteroatoms. The molecule has 1 heterocycles. The molecule has 0 aliphatic heterocycles. The van der Waals surface area contributed by atoms with Crippen LogP contribution in [0.25, 0.3) is 6.08 Å². The van der Waals surface area contributed by atoms with E-state index in [0.29, 0.717) is 12.1 Å². The second-order valence-corrected chi connectivity index (χ2v) is 5.61. The molecule has 0 saturated heterocycles. The fourth-order valence-corrected chi connectivity index (χ4v) is 2.41. The number of hydrogen-bond acceptors (Lipinski definition) is 5. The van der Waals surface area contributed by atoms with E-state index >= 15 is 0 Å². The van der Waals surface area contributed by atoms with Crippen molar-refractivity contribution < 1.29 is 9.90 Å². The van der Waals surface area contributed by atoms with Crippen LogP contribution in [0.2, 0.25) is 0 Å². The smallest absolute Gasteiger partial charge is 0.262 e. The Kier molecular flexibility index (Phi) is 4.69. The highest BCUT2D eigenvalue weighted by Gasteiger charge is 2.09. The number of nitrogens with zero attached hydrogens (tertiary/aromatic N) is 2. The number of nitrogens with one attached hydrogen (secondary N) is 1. The maximum atomic E-state index is 12.0. The van der Waals surface area contributed by atoms with E-state index in [-0.39, 0.29) is 11.3 Å². The van der Waals surface area contributed by atoms with E-state index in [2.05, 4.69) is 10.3 Å². The summed E-state index contributed by atoms with van der Waals surface area (Å²) in [6.07, 6.45) is 3.14. The molecule has 0 radical (unpaired) electrons. The Morgan fingerprint density at radius 3 is 3.00 bits per heavy atom. The predicted molar refractivity (Wildman–Crippen MR) is 80.4 cm³/mol. The molecule has 5 nitrogen and oxygen atoms in total. The summed E-state index contributed by atoms with van der Waals surface area (Å²) >= 11 is 1.49. The van der Waals surface area contributed by atoms with Gasteiger partial charge in [0.1, 0.15) is 17.4 Å². The summed E-state index contributed by atoms with van der Waals surface area (Å²) in [7, 11) is 0. The van der Waals surface area contributed by atoms with Crippen LogP contribution < -0.4 is 5.32 Å². The minimum atomic E-state index is -0.452. The van der Waals surface area contributed by atoms with Crippen LogP contribution in [0.4, 0.5) is 0 Å². The molecule has 1 aromatic carbocycles. The quantitative estimate of drug-likeness (QED) is 0.670. The predicted octanol–water partition coefficient (Wildman–Crippen LogP) is 2.38. The summed E-state index contributed by atoms with van der Waals surface area (Å²) < 4.78 is 0. The van der Waals surface area contributed by atoms with Crippen molar-refractivity contribution >= 4 is 23.3 Å². The minimum absolute atomic E-state index is 0.0122. The topological polar surface area (TPSA) is 86.0 Å². The number of thiazole rings is 1. The first-order valence-corrected chi connectivity index (χ1v) is 7.00. The van der Waals surface area contributed by atoms with Crippen LogP contribution in [-0.4, -0.2) is 16.0 Å². The lowest BCUT2D eigenvalue weighted by molar-refractivity contribution is -0.117. The Bertz CT molecular complexity index is 729. The minimum Gasteiger partial charge on any atom is -0.508 e. The molecule has 21 heavy (non-hydrogen) atoms. The average molecular weight is 299 g/mol. The van der Waals surface area contributed by atoms with E-state index in [9.17, 15) is 9.90 Å². The molecule has 2 aromatic rings. The molecular formula is C15H13N3O2S. The molecule has 0 aliphatic carbocycles. The van der Waals surface area contributed by atoms with Crippen LogP contribution in [-0.2, 0) is 11.3 Å². The number of nitriles is 1. The Balaban J connectivity index is 2.06. The van der Waals surface area contributed by atoms with Gasteiger partial charge >= 0.3 is 0 Å². The van der Waals surface area contributed by atoms with Crippen LogP contribution in [0.5, 0.6) is 5.75 Å². The molecule has 0 fully saturated rings. The van der Waals surface area contributed by atoms with Crippen LogP contribution >= 0.6 is 11.3 Å². The van der Waals surface area contributed by atoms with E-state index < -0.39 is 5.91 Å². The van der Waals surface area contributed by atoms with Crippen LogP contribution in [0.1, 0.15) is 15.4 Å². The molecule has 2 rings (SSSR count). The van der Waals surface area contributed by atoms with Crippen molar-refractivity contribution in [2.45, 2.75) is 13.5 Å². The summed E-state index contributed by atoms with van der Waals surface area (Å²) in [4.78, 5) is 17.0. The van der Waals surface area contributed by atoms with Crippen molar-refractivity contribution in [3.05, 3.63) is 51.5 Å². The number of aromatic nitrogens is 1. The first kappa shape index (κ1) is 14.8. The highest BCUT2D eigenvalue weighted by Crippen LogP contribution is 2.14.